The second-order valence-electron chi connectivity index (χ2n) is 6.13. The molecule has 0 aliphatic heterocycles. The zero-order chi connectivity index (χ0) is 19.9. The Morgan fingerprint density at radius 3 is 2.56 bits per heavy atom. The summed E-state index contributed by atoms with van der Waals surface area (Å²) in [4.78, 5) is 36.1. The van der Waals surface area contributed by atoms with Crippen molar-refractivity contribution in [1.29, 1.82) is 0 Å². The van der Waals surface area contributed by atoms with Crippen LogP contribution in [0.4, 0.5) is 5.82 Å². The molecule has 0 bridgehead atoms. The van der Waals surface area contributed by atoms with Gasteiger partial charge in [-0.25, -0.2) is 4.79 Å². The molecule has 0 fully saturated rings. The molecule has 0 aromatic carbocycles. The van der Waals surface area contributed by atoms with E-state index < -0.39 is 17.2 Å². The van der Waals surface area contributed by atoms with Gasteiger partial charge in [-0.3, -0.25) is 23.4 Å². The number of anilines is 1. The van der Waals surface area contributed by atoms with Crippen LogP contribution >= 0.6 is 15.9 Å². The highest BCUT2D eigenvalue weighted by Gasteiger charge is 2.16. The van der Waals surface area contributed by atoms with Crippen LogP contribution in [0, 0.1) is 13.8 Å². The summed E-state index contributed by atoms with van der Waals surface area (Å²) in [5.74, 6) is 0.155. The van der Waals surface area contributed by atoms with Crippen LogP contribution < -0.4 is 16.6 Å². The van der Waals surface area contributed by atoms with Gasteiger partial charge in [0, 0.05) is 20.2 Å². The Bertz CT molecular complexity index is 1150. The summed E-state index contributed by atoms with van der Waals surface area (Å²) in [6.45, 7) is 4.19. The SMILES string of the molecule is Cc1nn(Cc2ccc(C(=O)Nc3cc(=O)n(C)c(=O)n3C)o2)c(C)c1Br. The van der Waals surface area contributed by atoms with Crippen molar-refractivity contribution in [3.8, 4) is 0 Å². The monoisotopic (exact) mass is 435 g/mol. The van der Waals surface area contributed by atoms with E-state index >= 15 is 0 Å². The Hall–Kier alpha value is -2.88. The lowest BCUT2D eigenvalue weighted by molar-refractivity contribution is 0.0993. The predicted molar refractivity (Wildman–Crippen MR) is 102 cm³/mol. The number of carbonyl (C=O) groups excluding carboxylic acids is 1. The van der Waals surface area contributed by atoms with Crippen LogP contribution in [0.15, 0.2) is 36.7 Å². The van der Waals surface area contributed by atoms with Crippen LogP contribution in [-0.2, 0) is 20.6 Å². The Balaban J connectivity index is 1.81. The van der Waals surface area contributed by atoms with Gasteiger partial charge >= 0.3 is 5.69 Å². The molecular formula is C17H18BrN5O4. The minimum absolute atomic E-state index is 0.0683. The van der Waals surface area contributed by atoms with Crippen molar-refractivity contribution >= 4 is 27.7 Å². The van der Waals surface area contributed by atoms with Crippen molar-refractivity contribution in [3.63, 3.8) is 0 Å². The highest BCUT2D eigenvalue weighted by Crippen LogP contribution is 2.21. The van der Waals surface area contributed by atoms with Crippen LogP contribution in [0.5, 0.6) is 0 Å². The molecule has 0 unspecified atom stereocenters. The topological polar surface area (TPSA) is 104 Å². The van der Waals surface area contributed by atoms with E-state index in [2.05, 4.69) is 26.3 Å². The number of carbonyl (C=O) groups is 1. The fourth-order valence-corrected chi connectivity index (χ4v) is 2.88. The van der Waals surface area contributed by atoms with E-state index in [1.165, 1.54) is 30.8 Å². The summed E-state index contributed by atoms with van der Waals surface area (Å²) < 4.78 is 10.4. The summed E-state index contributed by atoms with van der Waals surface area (Å²) in [5, 5.41) is 6.92. The Kier molecular flexibility index (Phi) is 4.92. The van der Waals surface area contributed by atoms with Gasteiger partial charge < -0.3 is 9.73 Å². The van der Waals surface area contributed by atoms with E-state index in [9.17, 15) is 14.4 Å². The summed E-state index contributed by atoms with van der Waals surface area (Å²) >= 11 is 3.47. The molecule has 0 spiro atoms. The van der Waals surface area contributed by atoms with E-state index in [0.29, 0.717) is 12.3 Å². The Morgan fingerprint density at radius 1 is 1.22 bits per heavy atom. The first kappa shape index (κ1) is 18.9. The molecule has 1 amide bonds. The number of halogens is 1. The van der Waals surface area contributed by atoms with Gasteiger partial charge in [-0.1, -0.05) is 0 Å². The van der Waals surface area contributed by atoms with E-state index in [1.807, 2.05) is 13.8 Å². The molecule has 142 valence electrons. The highest BCUT2D eigenvalue weighted by molar-refractivity contribution is 9.10. The standard InChI is InChI=1S/C17H18BrN5O4/c1-9-15(18)10(2)23(20-9)8-11-5-6-12(27-11)16(25)19-13-7-14(24)22(4)17(26)21(13)3/h5-7H,8H2,1-4H3,(H,19,25). The van der Waals surface area contributed by atoms with Crippen molar-refractivity contribution in [2.45, 2.75) is 20.4 Å². The van der Waals surface area contributed by atoms with Crippen LogP contribution in [0.1, 0.15) is 27.7 Å². The predicted octanol–water partition coefficient (Wildman–Crippen LogP) is 1.55. The van der Waals surface area contributed by atoms with Crippen LogP contribution in [-0.4, -0.2) is 24.8 Å². The molecule has 0 aliphatic carbocycles. The van der Waals surface area contributed by atoms with Crippen LogP contribution in [0.3, 0.4) is 0 Å². The molecule has 3 aromatic rings. The molecule has 1 N–H and O–H groups in total. The first-order valence-electron chi connectivity index (χ1n) is 8.05. The lowest BCUT2D eigenvalue weighted by Gasteiger charge is -2.09. The zero-order valence-corrected chi connectivity index (χ0v) is 16.8. The fraction of sp³-hybridized carbons (Fsp3) is 0.294. The molecule has 9 nitrogen and oxygen atoms in total. The van der Waals surface area contributed by atoms with E-state index in [1.54, 1.807) is 10.7 Å². The summed E-state index contributed by atoms with van der Waals surface area (Å²) in [7, 11) is 2.83. The number of aryl methyl sites for hydroxylation is 1. The largest absolute Gasteiger partial charge is 0.454 e. The maximum Gasteiger partial charge on any atom is 0.332 e. The van der Waals surface area contributed by atoms with E-state index in [-0.39, 0.29) is 11.6 Å². The molecule has 10 heteroatoms. The molecule has 0 saturated heterocycles. The molecule has 3 heterocycles. The van der Waals surface area contributed by atoms with Crippen molar-refractivity contribution in [2.24, 2.45) is 14.1 Å². The smallest absolute Gasteiger partial charge is 0.332 e. The maximum atomic E-state index is 12.4. The van der Waals surface area contributed by atoms with Gasteiger partial charge in [0.1, 0.15) is 11.6 Å². The van der Waals surface area contributed by atoms with Gasteiger partial charge in [0.15, 0.2) is 5.76 Å². The van der Waals surface area contributed by atoms with Gasteiger partial charge in [0.05, 0.1) is 22.4 Å². The number of furan rings is 1. The third kappa shape index (κ3) is 3.52. The average molecular weight is 436 g/mol. The molecule has 0 atom stereocenters. The lowest BCUT2D eigenvalue weighted by Crippen LogP contribution is -2.38. The quantitative estimate of drug-likeness (QED) is 0.669. The highest BCUT2D eigenvalue weighted by atomic mass is 79.9. The van der Waals surface area contributed by atoms with Gasteiger partial charge in [-0.15, -0.1) is 0 Å². The third-order valence-electron chi connectivity index (χ3n) is 4.25. The van der Waals surface area contributed by atoms with Crippen molar-refractivity contribution in [3.05, 3.63) is 66.4 Å². The second-order valence-corrected chi connectivity index (χ2v) is 6.92. The summed E-state index contributed by atoms with van der Waals surface area (Å²) in [5.41, 5.74) is 0.769. The molecular weight excluding hydrogens is 418 g/mol. The summed E-state index contributed by atoms with van der Waals surface area (Å²) in [6.07, 6.45) is 0. The van der Waals surface area contributed by atoms with Crippen molar-refractivity contribution in [2.75, 3.05) is 5.32 Å². The number of hydrogen-bond donors (Lipinski definition) is 1. The number of aromatic nitrogens is 4. The molecule has 0 aliphatic rings. The van der Waals surface area contributed by atoms with Gasteiger partial charge in [0.25, 0.3) is 11.5 Å². The first-order chi connectivity index (χ1) is 12.7. The minimum atomic E-state index is -0.556. The van der Waals surface area contributed by atoms with Crippen molar-refractivity contribution < 1.29 is 9.21 Å². The van der Waals surface area contributed by atoms with Crippen LogP contribution in [0.25, 0.3) is 0 Å². The van der Waals surface area contributed by atoms with Gasteiger partial charge in [0.2, 0.25) is 0 Å². The fourth-order valence-electron chi connectivity index (χ4n) is 2.59. The number of hydrogen-bond acceptors (Lipinski definition) is 5. The lowest BCUT2D eigenvalue weighted by atomic mass is 10.4. The molecule has 3 rings (SSSR count). The maximum absolute atomic E-state index is 12.4. The number of amides is 1. The normalized spacial score (nSPS) is 11.0. The summed E-state index contributed by atoms with van der Waals surface area (Å²) in [6, 6.07) is 4.39. The van der Waals surface area contributed by atoms with Gasteiger partial charge in [-0.2, -0.15) is 5.10 Å². The molecule has 27 heavy (non-hydrogen) atoms. The Morgan fingerprint density at radius 2 is 1.93 bits per heavy atom. The Labute approximate surface area is 162 Å². The third-order valence-corrected chi connectivity index (χ3v) is 5.40. The minimum Gasteiger partial charge on any atom is -0.454 e. The molecule has 0 saturated carbocycles. The number of nitrogens with one attached hydrogen (secondary N) is 1. The van der Waals surface area contributed by atoms with Crippen molar-refractivity contribution in [1.82, 2.24) is 18.9 Å². The number of rotatable bonds is 4. The molecule has 3 aromatic heterocycles. The first-order valence-corrected chi connectivity index (χ1v) is 8.85. The second kappa shape index (κ2) is 7.03. The van der Waals surface area contributed by atoms with Gasteiger partial charge in [-0.05, 0) is 41.9 Å². The zero-order valence-electron chi connectivity index (χ0n) is 15.2. The number of nitrogens with zero attached hydrogens (tertiary/aromatic N) is 4. The van der Waals surface area contributed by atoms with E-state index in [0.717, 1.165) is 20.4 Å². The van der Waals surface area contributed by atoms with E-state index in [4.69, 9.17) is 4.42 Å². The average Bonchev–Trinajstić information content (AvgIpc) is 3.19. The van der Waals surface area contributed by atoms with Crippen LogP contribution in [0.2, 0.25) is 0 Å². The molecule has 0 radical (unpaired) electrons.